The summed E-state index contributed by atoms with van der Waals surface area (Å²) in [5.74, 6) is 0. The van der Waals surface area contributed by atoms with E-state index >= 15 is 0 Å². The molecule has 2 rings (SSSR count). The van der Waals surface area contributed by atoms with Gasteiger partial charge in [0.2, 0.25) is 0 Å². The molecule has 2 saturated heterocycles. The minimum atomic E-state index is 0.604. The minimum Gasteiger partial charge on any atom is -0.378 e. The molecule has 136 valence electrons. The first kappa shape index (κ1) is 19.1. The molecule has 2 unspecified atom stereocenters. The molecular formula is C18H38N4O. The Balaban J connectivity index is 1.75. The van der Waals surface area contributed by atoms with Gasteiger partial charge in [-0.15, -0.1) is 0 Å². The first-order valence-electron chi connectivity index (χ1n) is 9.82. The smallest absolute Gasteiger partial charge is 0.0622 e. The van der Waals surface area contributed by atoms with Crippen LogP contribution in [0.1, 0.15) is 39.5 Å². The van der Waals surface area contributed by atoms with Gasteiger partial charge in [0.25, 0.3) is 0 Å². The highest BCUT2D eigenvalue weighted by atomic mass is 16.5. The van der Waals surface area contributed by atoms with Gasteiger partial charge in [0.15, 0.2) is 0 Å². The van der Waals surface area contributed by atoms with Crippen LogP contribution in [-0.4, -0.2) is 87.5 Å². The Bertz CT molecular complexity index is 263. The molecule has 5 heteroatoms. The van der Waals surface area contributed by atoms with Crippen molar-refractivity contribution in [1.82, 2.24) is 20.4 Å². The molecule has 2 aliphatic heterocycles. The zero-order valence-electron chi connectivity index (χ0n) is 15.4. The summed E-state index contributed by atoms with van der Waals surface area (Å²) < 4.78 is 6.25. The summed E-state index contributed by atoms with van der Waals surface area (Å²) in [6.45, 7) is 15.6. The van der Waals surface area contributed by atoms with Gasteiger partial charge in [0, 0.05) is 64.4 Å². The van der Waals surface area contributed by atoms with E-state index in [2.05, 4.69) is 34.3 Å². The third-order valence-corrected chi connectivity index (χ3v) is 5.20. The summed E-state index contributed by atoms with van der Waals surface area (Å²) in [6.07, 6.45) is 5.00. The summed E-state index contributed by atoms with van der Waals surface area (Å²) in [7, 11) is 0. The SMILES string of the molecule is CCCC(COCC(CCC)N1CCNCC1)N1CCNCC1. The van der Waals surface area contributed by atoms with Gasteiger partial charge < -0.3 is 15.4 Å². The molecule has 2 N–H and O–H groups in total. The Labute approximate surface area is 143 Å². The van der Waals surface area contributed by atoms with Crippen LogP contribution in [0.15, 0.2) is 0 Å². The molecule has 2 fully saturated rings. The highest BCUT2D eigenvalue weighted by Gasteiger charge is 2.23. The molecule has 0 aliphatic carbocycles. The fourth-order valence-electron chi connectivity index (χ4n) is 3.84. The standard InChI is InChI=1S/C18H38N4O/c1-3-5-17(21-11-7-19-8-12-21)15-23-16-18(6-4-2)22-13-9-20-10-14-22/h17-20H,3-16H2,1-2H3. The van der Waals surface area contributed by atoms with Gasteiger partial charge in [-0.3, -0.25) is 9.80 Å². The molecule has 0 saturated carbocycles. The zero-order chi connectivity index (χ0) is 16.3. The average molecular weight is 327 g/mol. The van der Waals surface area contributed by atoms with Crippen molar-refractivity contribution in [1.29, 1.82) is 0 Å². The number of nitrogens with zero attached hydrogens (tertiary/aromatic N) is 2. The number of hydrogen-bond donors (Lipinski definition) is 2. The van der Waals surface area contributed by atoms with Crippen LogP contribution in [0.3, 0.4) is 0 Å². The fraction of sp³-hybridized carbons (Fsp3) is 1.00. The molecule has 23 heavy (non-hydrogen) atoms. The van der Waals surface area contributed by atoms with Gasteiger partial charge in [-0.05, 0) is 12.8 Å². The van der Waals surface area contributed by atoms with Crippen molar-refractivity contribution >= 4 is 0 Å². The van der Waals surface area contributed by atoms with Gasteiger partial charge >= 0.3 is 0 Å². The van der Waals surface area contributed by atoms with Crippen molar-refractivity contribution in [3.05, 3.63) is 0 Å². The summed E-state index contributed by atoms with van der Waals surface area (Å²) in [5.41, 5.74) is 0. The summed E-state index contributed by atoms with van der Waals surface area (Å²) in [4.78, 5) is 5.25. The lowest BCUT2D eigenvalue weighted by Crippen LogP contribution is -2.51. The third kappa shape index (κ3) is 6.67. The van der Waals surface area contributed by atoms with E-state index in [1.807, 2.05) is 0 Å². The molecule has 2 aliphatic rings. The maximum Gasteiger partial charge on any atom is 0.0622 e. The van der Waals surface area contributed by atoms with Crippen molar-refractivity contribution in [2.75, 3.05) is 65.6 Å². The van der Waals surface area contributed by atoms with E-state index in [0.717, 1.165) is 39.4 Å². The van der Waals surface area contributed by atoms with Crippen LogP contribution in [-0.2, 0) is 4.74 Å². The van der Waals surface area contributed by atoms with E-state index in [0.29, 0.717) is 12.1 Å². The van der Waals surface area contributed by atoms with Crippen LogP contribution in [0.25, 0.3) is 0 Å². The highest BCUT2D eigenvalue weighted by molar-refractivity contribution is 4.79. The number of rotatable bonds is 10. The molecule has 0 amide bonds. The topological polar surface area (TPSA) is 39.8 Å². The van der Waals surface area contributed by atoms with Crippen LogP contribution >= 0.6 is 0 Å². The molecule has 0 radical (unpaired) electrons. The second kappa shape index (κ2) is 11.4. The number of piperazine rings is 2. The predicted molar refractivity (Wildman–Crippen MR) is 97.1 cm³/mol. The summed E-state index contributed by atoms with van der Waals surface area (Å²) in [6, 6.07) is 1.21. The Morgan fingerprint density at radius 1 is 0.739 bits per heavy atom. The first-order chi connectivity index (χ1) is 11.3. The van der Waals surface area contributed by atoms with Crippen LogP contribution in [0, 0.1) is 0 Å². The van der Waals surface area contributed by atoms with E-state index in [-0.39, 0.29) is 0 Å². The van der Waals surface area contributed by atoms with Crippen molar-refractivity contribution in [2.24, 2.45) is 0 Å². The molecule has 2 atom stereocenters. The molecule has 0 aromatic heterocycles. The number of hydrogen-bond acceptors (Lipinski definition) is 5. The van der Waals surface area contributed by atoms with Crippen LogP contribution in [0.2, 0.25) is 0 Å². The molecule has 0 aromatic rings. The molecule has 0 aromatic carbocycles. The fourth-order valence-corrected chi connectivity index (χ4v) is 3.84. The van der Waals surface area contributed by atoms with Gasteiger partial charge in [0.05, 0.1) is 13.2 Å². The summed E-state index contributed by atoms with van der Waals surface area (Å²) in [5, 5.41) is 6.90. The maximum atomic E-state index is 6.25. The van der Waals surface area contributed by atoms with Crippen molar-refractivity contribution in [3.63, 3.8) is 0 Å². The number of ether oxygens (including phenoxy) is 1. The quantitative estimate of drug-likeness (QED) is 0.630. The average Bonchev–Trinajstić information content (AvgIpc) is 2.61. The van der Waals surface area contributed by atoms with Gasteiger partial charge in [-0.1, -0.05) is 26.7 Å². The van der Waals surface area contributed by atoms with Crippen LogP contribution < -0.4 is 10.6 Å². The minimum absolute atomic E-state index is 0.604. The molecule has 2 heterocycles. The lowest BCUT2D eigenvalue weighted by atomic mass is 10.1. The second-order valence-corrected chi connectivity index (χ2v) is 6.99. The van der Waals surface area contributed by atoms with Crippen LogP contribution in [0.5, 0.6) is 0 Å². The monoisotopic (exact) mass is 326 g/mol. The Hall–Kier alpha value is -0.200. The van der Waals surface area contributed by atoms with Gasteiger partial charge in [-0.2, -0.15) is 0 Å². The maximum absolute atomic E-state index is 6.25. The Morgan fingerprint density at radius 2 is 1.13 bits per heavy atom. The molecule has 0 spiro atoms. The Morgan fingerprint density at radius 3 is 1.48 bits per heavy atom. The van der Waals surface area contributed by atoms with E-state index in [1.165, 1.54) is 51.9 Å². The van der Waals surface area contributed by atoms with E-state index in [4.69, 9.17) is 4.74 Å². The normalized spacial score (nSPS) is 23.7. The van der Waals surface area contributed by atoms with Gasteiger partial charge in [0.1, 0.15) is 0 Å². The van der Waals surface area contributed by atoms with E-state index in [9.17, 15) is 0 Å². The first-order valence-corrected chi connectivity index (χ1v) is 9.82. The van der Waals surface area contributed by atoms with E-state index in [1.54, 1.807) is 0 Å². The summed E-state index contributed by atoms with van der Waals surface area (Å²) >= 11 is 0. The Kier molecular flexibility index (Phi) is 9.46. The largest absolute Gasteiger partial charge is 0.378 e. The van der Waals surface area contributed by atoms with Crippen molar-refractivity contribution < 1.29 is 4.74 Å². The van der Waals surface area contributed by atoms with Crippen molar-refractivity contribution in [3.8, 4) is 0 Å². The second-order valence-electron chi connectivity index (χ2n) is 6.99. The predicted octanol–water partition coefficient (Wildman–Crippen LogP) is 1.15. The van der Waals surface area contributed by atoms with E-state index < -0.39 is 0 Å². The lowest BCUT2D eigenvalue weighted by molar-refractivity contribution is 0.0112. The van der Waals surface area contributed by atoms with Crippen molar-refractivity contribution in [2.45, 2.75) is 51.6 Å². The molecular weight excluding hydrogens is 288 g/mol. The molecule has 0 bridgehead atoms. The van der Waals surface area contributed by atoms with Crippen LogP contribution in [0.4, 0.5) is 0 Å². The number of nitrogens with one attached hydrogen (secondary N) is 2. The zero-order valence-corrected chi connectivity index (χ0v) is 15.4. The van der Waals surface area contributed by atoms with Gasteiger partial charge in [-0.25, -0.2) is 0 Å². The highest BCUT2D eigenvalue weighted by Crippen LogP contribution is 2.12. The lowest BCUT2D eigenvalue weighted by Gasteiger charge is -2.37. The third-order valence-electron chi connectivity index (χ3n) is 5.20. The molecule has 5 nitrogen and oxygen atoms in total.